The van der Waals surface area contributed by atoms with Crippen LogP contribution in [0.4, 0.5) is 5.69 Å². The predicted molar refractivity (Wildman–Crippen MR) is 79.6 cm³/mol. The molecule has 0 aliphatic heterocycles. The third-order valence-corrected chi connectivity index (χ3v) is 3.62. The molecule has 0 heterocycles. The number of hydrogen-bond donors (Lipinski definition) is 2. The number of rotatable bonds is 7. The highest BCUT2D eigenvalue weighted by Crippen LogP contribution is 2.26. The smallest absolute Gasteiger partial charge is 0.304 e. The predicted octanol–water partition coefficient (Wildman–Crippen LogP) is 2.33. The van der Waals surface area contributed by atoms with Crippen molar-refractivity contribution in [2.75, 3.05) is 18.4 Å². The summed E-state index contributed by atoms with van der Waals surface area (Å²) in [6.45, 7) is 0.663. The van der Waals surface area contributed by atoms with Crippen LogP contribution in [0.2, 0.25) is 0 Å². The maximum atomic E-state index is 12.0. The fourth-order valence-electron chi connectivity index (χ4n) is 2.02. The second-order valence-corrected chi connectivity index (χ2v) is 5.82. The molecule has 1 aliphatic rings. The number of benzene rings is 1. The quantitative estimate of drug-likeness (QED) is 0.799. The molecule has 0 bridgehead atoms. The van der Waals surface area contributed by atoms with E-state index in [1.807, 2.05) is 29.2 Å². The topological polar surface area (TPSA) is 69.6 Å². The Morgan fingerprint density at radius 1 is 1.40 bits per heavy atom. The molecule has 0 unspecified atom stereocenters. The Labute approximate surface area is 126 Å². The Balaban J connectivity index is 1.86. The highest BCUT2D eigenvalue weighted by atomic mass is 79.9. The number of halogens is 1. The number of carbonyl (C=O) groups excluding carboxylic acids is 1. The SMILES string of the molecule is O=C(O)CCN(CC(=O)Nc1cccc(Br)c1)C1CC1. The van der Waals surface area contributed by atoms with Crippen LogP contribution in [0.1, 0.15) is 19.3 Å². The molecule has 0 atom stereocenters. The van der Waals surface area contributed by atoms with Crippen molar-refractivity contribution in [3.8, 4) is 0 Å². The number of nitrogens with one attached hydrogen (secondary N) is 1. The van der Waals surface area contributed by atoms with Crippen LogP contribution < -0.4 is 5.32 Å². The average Bonchev–Trinajstić information content (AvgIpc) is 3.18. The standard InChI is InChI=1S/C14H17BrN2O3/c15-10-2-1-3-11(8-10)16-13(18)9-17(12-4-5-12)7-6-14(19)20/h1-3,8,12H,4-7,9H2,(H,16,18)(H,19,20). The van der Waals surface area contributed by atoms with Gasteiger partial charge in [0.05, 0.1) is 13.0 Å². The van der Waals surface area contributed by atoms with E-state index in [2.05, 4.69) is 21.2 Å². The molecular formula is C14H17BrN2O3. The van der Waals surface area contributed by atoms with E-state index in [9.17, 15) is 9.59 Å². The molecule has 1 aromatic carbocycles. The molecule has 0 spiro atoms. The first-order valence-corrected chi connectivity index (χ1v) is 7.35. The van der Waals surface area contributed by atoms with Gasteiger partial charge in [-0.2, -0.15) is 0 Å². The van der Waals surface area contributed by atoms with Crippen LogP contribution in [0.3, 0.4) is 0 Å². The number of carboxylic acids is 1. The molecule has 108 valence electrons. The van der Waals surface area contributed by atoms with Gasteiger partial charge in [-0.05, 0) is 31.0 Å². The molecule has 1 amide bonds. The molecule has 0 radical (unpaired) electrons. The van der Waals surface area contributed by atoms with E-state index < -0.39 is 5.97 Å². The van der Waals surface area contributed by atoms with Crippen LogP contribution in [-0.4, -0.2) is 41.0 Å². The van der Waals surface area contributed by atoms with Gasteiger partial charge in [-0.25, -0.2) is 0 Å². The summed E-state index contributed by atoms with van der Waals surface area (Å²) >= 11 is 3.35. The van der Waals surface area contributed by atoms with Gasteiger partial charge in [0, 0.05) is 22.7 Å². The van der Waals surface area contributed by atoms with E-state index in [0.717, 1.165) is 23.0 Å². The first kappa shape index (κ1) is 15.0. The monoisotopic (exact) mass is 340 g/mol. The number of nitrogens with zero attached hydrogens (tertiary/aromatic N) is 1. The number of amides is 1. The third kappa shape index (κ3) is 4.94. The number of carbonyl (C=O) groups is 2. The number of anilines is 1. The average molecular weight is 341 g/mol. The largest absolute Gasteiger partial charge is 0.481 e. The molecular weight excluding hydrogens is 324 g/mol. The van der Waals surface area contributed by atoms with Gasteiger partial charge < -0.3 is 10.4 Å². The molecule has 2 rings (SSSR count). The van der Waals surface area contributed by atoms with Gasteiger partial charge in [0.2, 0.25) is 5.91 Å². The summed E-state index contributed by atoms with van der Waals surface area (Å²) in [5.41, 5.74) is 0.735. The van der Waals surface area contributed by atoms with Gasteiger partial charge in [0.25, 0.3) is 0 Å². The molecule has 2 N–H and O–H groups in total. The zero-order valence-corrected chi connectivity index (χ0v) is 12.6. The summed E-state index contributed by atoms with van der Waals surface area (Å²) in [6, 6.07) is 7.75. The Hall–Kier alpha value is -1.40. The Morgan fingerprint density at radius 3 is 2.75 bits per heavy atom. The summed E-state index contributed by atoms with van der Waals surface area (Å²) in [4.78, 5) is 24.6. The minimum atomic E-state index is -0.831. The van der Waals surface area contributed by atoms with Crippen LogP contribution in [0, 0.1) is 0 Å². The van der Waals surface area contributed by atoms with Gasteiger partial charge >= 0.3 is 5.97 Å². The minimum absolute atomic E-state index is 0.0701. The van der Waals surface area contributed by atoms with E-state index in [4.69, 9.17) is 5.11 Å². The Bertz CT molecular complexity index is 503. The van der Waals surface area contributed by atoms with Crippen LogP contribution >= 0.6 is 15.9 Å². The van der Waals surface area contributed by atoms with Crippen molar-refractivity contribution >= 4 is 33.5 Å². The highest BCUT2D eigenvalue weighted by Gasteiger charge is 2.30. The first-order chi connectivity index (χ1) is 9.54. The molecule has 1 aromatic rings. The highest BCUT2D eigenvalue weighted by molar-refractivity contribution is 9.10. The lowest BCUT2D eigenvalue weighted by Gasteiger charge is -2.20. The molecule has 1 aliphatic carbocycles. The second-order valence-electron chi connectivity index (χ2n) is 4.90. The minimum Gasteiger partial charge on any atom is -0.481 e. The zero-order valence-electron chi connectivity index (χ0n) is 11.0. The van der Waals surface area contributed by atoms with E-state index in [0.29, 0.717) is 12.6 Å². The Kier molecular flexibility index (Phi) is 5.14. The van der Waals surface area contributed by atoms with E-state index >= 15 is 0 Å². The van der Waals surface area contributed by atoms with Crippen LogP contribution in [-0.2, 0) is 9.59 Å². The lowest BCUT2D eigenvalue weighted by Crippen LogP contribution is -2.36. The third-order valence-electron chi connectivity index (χ3n) is 3.13. The number of carboxylic acid groups (broad SMARTS) is 1. The number of aliphatic carboxylic acids is 1. The van der Waals surface area contributed by atoms with Crippen molar-refractivity contribution in [2.24, 2.45) is 0 Å². The van der Waals surface area contributed by atoms with E-state index in [-0.39, 0.29) is 18.9 Å². The Morgan fingerprint density at radius 2 is 2.15 bits per heavy atom. The molecule has 5 nitrogen and oxygen atoms in total. The number of hydrogen-bond acceptors (Lipinski definition) is 3. The van der Waals surface area contributed by atoms with Gasteiger partial charge in [-0.3, -0.25) is 14.5 Å². The molecule has 1 saturated carbocycles. The summed E-state index contributed by atoms with van der Waals surface area (Å²) in [7, 11) is 0. The lowest BCUT2D eigenvalue weighted by atomic mass is 10.3. The van der Waals surface area contributed by atoms with Crippen LogP contribution in [0.25, 0.3) is 0 Å². The van der Waals surface area contributed by atoms with Gasteiger partial charge in [-0.15, -0.1) is 0 Å². The van der Waals surface area contributed by atoms with Crippen molar-refractivity contribution in [3.05, 3.63) is 28.7 Å². The van der Waals surface area contributed by atoms with Crippen molar-refractivity contribution < 1.29 is 14.7 Å². The van der Waals surface area contributed by atoms with Crippen LogP contribution in [0.15, 0.2) is 28.7 Å². The molecule has 1 fully saturated rings. The fraction of sp³-hybridized carbons (Fsp3) is 0.429. The normalized spacial score (nSPS) is 14.3. The molecule has 20 heavy (non-hydrogen) atoms. The second kappa shape index (κ2) is 6.85. The van der Waals surface area contributed by atoms with Gasteiger partial charge in [-0.1, -0.05) is 22.0 Å². The maximum absolute atomic E-state index is 12.0. The summed E-state index contributed by atoms with van der Waals surface area (Å²) in [5, 5.41) is 11.6. The summed E-state index contributed by atoms with van der Waals surface area (Å²) in [5.74, 6) is -0.941. The maximum Gasteiger partial charge on any atom is 0.304 e. The molecule has 0 aromatic heterocycles. The van der Waals surface area contributed by atoms with Gasteiger partial charge in [0.1, 0.15) is 0 Å². The lowest BCUT2D eigenvalue weighted by molar-refractivity contribution is -0.137. The van der Waals surface area contributed by atoms with Crippen LogP contribution in [0.5, 0.6) is 0 Å². The van der Waals surface area contributed by atoms with E-state index in [1.165, 1.54) is 0 Å². The van der Waals surface area contributed by atoms with Crippen molar-refractivity contribution in [1.29, 1.82) is 0 Å². The molecule has 6 heteroatoms. The fourth-order valence-corrected chi connectivity index (χ4v) is 2.42. The summed E-state index contributed by atoms with van der Waals surface area (Å²) < 4.78 is 0.903. The van der Waals surface area contributed by atoms with E-state index in [1.54, 1.807) is 0 Å². The first-order valence-electron chi connectivity index (χ1n) is 6.56. The van der Waals surface area contributed by atoms with Gasteiger partial charge in [0.15, 0.2) is 0 Å². The summed E-state index contributed by atoms with van der Waals surface area (Å²) in [6.07, 6.45) is 2.16. The molecule has 0 saturated heterocycles. The van der Waals surface area contributed by atoms with Crippen molar-refractivity contribution in [2.45, 2.75) is 25.3 Å². The van der Waals surface area contributed by atoms with Crippen molar-refractivity contribution in [3.63, 3.8) is 0 Å². The zero-order chi connectivity index (χ0) is 14.5. The van der Waals surface area contributed by atoms with Crippen molar-refractivity contribution in [1.82, 2.24) is 4.90 Å².